The van der Waals surface area contributed by atoms with Gasteiger partial charge in [0.15, 0.2) is 0 Å². The first kappa shape index (κ1) is 17.8. The van der Waals surface area contributed by atoms with Crippen molar-refractivity contribution in [1.29, 1.82) is 0 Å². The average molecular weight is 347 g/mol. The molecule has 0 aliphatic heterocycles. The summed E-state index contributed by atoms with van der Waals surface area (Å²) in [6.07, 6.45) is 0. The smallest absolute Gasteiger partial charge is 0.251 e. The highest BCUT2D eigenvalue weighted by molar-refractivity contribution is 6.32. The van der Waals surface area contributed by atoms with Gasteiger partial charge in [-0.15, -0.1) is 0 Å². The third-order valence-corrected chi connectivity index (χ3v) is 3.59. The fraction of sp³-hybridized carbons (Fsp3) is 0.222. The van der Waals surface area contributed by atoms with Gasteiger partial charge < -0.3 is 15.4 Å². The molecule has 0 spiro atoms. The molecule has 2 N–H and O–H groups in total. The minimum atomic E-state index is -0.331. The number of halogens is 1. The van der Waals surface area contributed by atoms with Crippen molar-refractivity contribution in [2.45, 2.75) is 13.8 Å². The van der Waals surface area contributed by atoms with Crippen LogP contribution in [0.15, 0.2) is 42.5 Å². The molecule has 0 aromatic heterocycles. The van der Waals surface area contributed by atoms with Crippen LogP contribution in [0.4, 0.5) is 5.69 Å². The number of carbonyl (C=O) groups excluding carboxylic acids is 2. The first-order valence-corrected chi connectivity index (χ1v) is 7.95. The number of hydrogen-bond donors (Lipinski definition) is 2. The molecule has 2 aromatic carbocycles. The molecule has 0 bridgehead atoms. The van der Waals surface area contributed by atoms with E-state index in [1.54, 1.807) is 36.4 Å². The Labute approximate surface area is 146 Å². The highest BCUT2D eigenvalue weighted by Gasteiger charge is 2.11. The molecule has 2 rings (SSSR count). The van der Waals surface area contributed by atoms with E-state index in [1.165, 1.54) is 0 Å². The van der Waals surface area contributed by atoms with Crippen LogP contribution in [0.25, 0.3) is 0 Å². The number of ether oxygens (including phenoxy) is 1. The SMILES string of the molecule is CCOc1cc(C)c(NC(=O)CNC(=O)c2ccccc2)cc1Cl. The van der Waals surface area contributed by atoms with Gasteiger partial charge in [0.05, 0.1) is 18.2 Å². The summed E-state index contributed by atoms with van der Waals surface area (Å²) in [7, 11) is 0. The monoisotopic (exact) mass is 346 g/mol. The zero-order chi connectivity index (χ0) is 17.5. The molecule has 0 radical (unpaired) electrons. The summed E-state index contributed by atoms with van der Waals surface area (Å²) < 4.78 is 5.40. The van der Waals surface area contributed by atoms with E-state index in [1.807, 2.05) is 19.9 Å². The number of benzene rings is 2. The van der Waals surface area contributed by atoms with Gasteiger partial charge in [-0.25, -0.2) is 0 Å². The molecule has 6 heteroatoms. The van der Waals surface area contributed by atoms with Crippen LogP contribution in [-0.4, -0.2) is 25.0 Å². The zero-order valence-electron chi connectivity index (χ0n) is 13.6. The van der Waals surface area contributed by atoms with Crippen molar-refractivity contribution in [3.05, 3.63) is 58.6 Å². The van der Waals surface area contributed by atoms with E-state index < -0.39 is 0 Å². The van der Waals surface area contributed by atoms with Crippen molar-refractivity contribution in [2.24, 2.45) is 0 Å². The van der Waals surface area contributed by atoms with Crippen molar-refractivity contribution in [2.75, 3.05) is 18.5 Å². The molecule has 0 fully saturated rings. The lowest BCUT2D eigenvalue weighted by Crippen LogP contribution is -2.32. The molecule has 24 heavy (non-hydrogen) atoms. The number of rotatable bonds is 6. The minimum Gasteiger partial charge on any atom is -0.492 e. The Balaban J connectivity index is 1.95. The Bertz CT molecular complexity index is 733. The summed E-state index contributed by atoms with van der Waals surface area (Å²) >= 11 is 6.13. The van der Waals surface area contributed by atoms with E-state index in [2.05, 4.69) is 10.6 Å². The lowest BCUT2D eigenvalue weighted by atomic mass is 10.2. The van der Waals surface area contributed by atoms with E-state index >= 15 is 0 Å². The second-order valence-corrected chi connectivity index (χ2v) is 5.53. The molecule has 0 saturated carbocycles. The summed E-state index contributed by atoms with van der Waals surface area (Å²) in [5, 5.41) is 5.73. The van der Waals surface area contributed by atoms with E-state index in [0.29, 0.717) is 28.6 Å². The molecule has 2 aromatic rings. The summed E-state index contributed by atoms with van der Waals surface area (Å²) in [4.78, 5) is 23.9. The van der Waals surface area contributed by atoms with Gasteiger partial charge in [-0.3, -0.25) is 9.59 Å². The van der Waals surface area contributed by atoms with Gasteiger partial charge in [-0.1, -0.05) is 29.8 Å². The maximum Gasteiger partial charge on any atom is 0.251 e. The van der Waals surface area contributed by atoms with Crippen molar-refractivity contribution in [1.82, 2.24) is 5.32 Å². The van der Waals surface area contributed by atoms with E-state index in [-0.39, 0.29) is 18.4 Å². The average Bonchev–Trinajstić information content (AvgIpc) is 2.58. The van der Waals surface area contributed by atoms with Crippen LogP contribution in [-0.2, 0) is 4.79 Å². The second kappa shape index (κ2) is 8.36. The Morgan fingerprint density at radius 2 is 1.88 bits per heavy atom. The van der Waals surface area contributed by atoms with Gasteiger partial charge in [0.1, 0.15) is 5.75 Å². The first-order valence-electron chi connectivity index (χ1n) is 7.57. The molecular weight excluding hydrogens is 328 g/mol. The summed E-state index contributed by atoms with van der Waals surface area (Å²) in [6, 6.07) is 12.1. The molecule has 0 saturated heterocycles. The predicted octanol–water partition coefficient (Wildman–Crippen LogP) is 3.42. The number of amides is 2. The lowest BCUT2D eigenvalue weighted by Gasteiger charge is -2.13. The van der Waals surface area contributed by atoms with Crippen molar-refractivity contribution in [3.8, 4) is 5.75 Å². The highest BCUT2D eigenvalue weighted by atomic mass is 35.5. The van der Waals surface area contributed by atoms with Gasteiger partial charge >= 0.3 is 0 Å². The van der Waals surface area contributed by atoms with Gasteiger partial charge in [-0.05, 0) is 43.7 Å². The van der Waals surface area contributed by atoms with Gasteiger partial charge in [-0.2, -0.15) is 0 Å². The fourth-order valence-electron chi connectivity index (χ4n) is 2.10. The largest absolute Gasteiger partial charge is 0.492 e. The number of hydrogen-bond acceptors (Lipinski definition) is 3. The molecule has 0 aliphatic rings. The molecule has 0 atom stereocenters. The van der Waals surface area contributed by atoms with Crippen LogP contribution in [0.5, 0.6) is 5.75 Å². The number of carbonyl (C=O) groups is 2. The second-order valence-electron chi connectivity index (χ2n) is 5.13. The van der Waals surface area contributed by atoms with Crippen LogP contribution in [0, 0.1) is 6.92 Å². The third-order valence-electron chi connectivity index (χ3n) is 3.30. The Morgan fingerprint density at radius 1 is 1.17 bits per heavy atom. The number of nitrogens with one attached hydrogen (secondary N) is 2. The Hall–Kier alpha value is -2.53. The van der Waals surface area contributed by atoms with Crippen molar-refractivity contribution >= 4 is 29.1 Å². The molecule has 5 nitrogen and oxygen atoms in total. The standard InChI is InChI=1S/C18H19ClN2O3/c1-3-24-16-9-12(2)15(10-14(16)19)21-17(22)11-20-18(23)13-7-5-4-6-8-13/h4-10H,3,11H2,1-2H3,(H,20,23)(H,21,22). The predicted molar refractivity (Wildman–Crippen MR) is 94.8 cm³/mol. The topological polar surface area (TPSA) is 67.4 Å². The maximum atomic E-state index is 12.0. The summed E-state index contributed by atoms with van der Waals surface area (Å²) in [6.45, 7) is 4.10. The lowest BCUT2D eigenvalue weighted by molar-refractivity contribution is -0.115. The molecule has 126 valence electrons. The molecule has 0 heterocycles. The number of anilines is 1. The Kier molecular flexibility index (Phi) is 6.21. The van der Waals surface area contributed by atoms with Crippen LogP contribution in [0.2, 0.25) is 5.02 Å². The zero-order valence-corrected chi connectivity index (χ0v) is 14.3. The normalized spacial score (nSPS) is 10.1. The van der Waals surface area contributed by atoms with Crippen LogP contribution in [0.1, 0.15) is 22.8 Å². The first-order chi connectivity index (χ1) is 11.5. The third kappa shape index (κ3) is 4.73. The maximum absolute atomic E-state index is 12.0. The van der Waals surface area contributed by atoms with Crippen LogP contribution >= 0.6 is 11.6 Å². The molecular formula is C18H19ClN2O3. The van der Waals surface area contributed by atoms with Gasteiger partial charge in [0.2, 0.25) is 5.91 Å². The van der Waals surface area contributed by atoms with E-state index in [0.717, 1.165) is 5.56 Å². The van der Waals surface area contributed by atoms with Gasteiger partial charge in [0.25, 0.3) is 5.91 Å². The quantitative estimate of drug-likeness (QED) is 0.842. The minimum absolute atomic E-state index is 0.127. The van der Waals surface area contributed by atoms with Crippen molar-refractivity contribution < 1.29 is 14.3 Å². The number of aryl methyl sites for hydroxylation is 1. The molecule has 2 amide bonds. The summed E-state index contributed by atoms with van der Waals surface area (Å²) in [5.41, 5.74) is 1.92. The van der Waals surface area contributed by atoms with E-state index in [4.69, 9.17) is 16.3 Å². The Morgan fingerprint density at radius 3 is 2.54 bits per heavy atom. The van der Waals surface area contributed by atoms with Crippen molar-refractivity contribution in [3.63, 3.8) is 0 Å². The van der Waals surface area contributed by atoms with Crippen LogP contribution in [0.3, 0.4) is 0 Å². The van der Waals surface area contributed by atoms with E-state index in [9.17, 15) is 9.59 Å². The van der Waals surface area contributed by atoms with Crippen LogP contribution < -0.4 is 15.4 Å². The molecule has 0 unspecified atom stereocenters. The molecule has 0 aliphatic carbocycles. The fourth-order valence-corrected chi connectivity index (χ4v) is 2.32. The van der Waals surface area contributed by atoms with Gasteiger partial charge in [0, 0.05) is 11.3 Å². The highest BCUT2D eigenvalue weighted by Crippen LogP contribution is 2.30. The summed E-state index contributed by atoms with van der Waals surface area (Å²) in [5.74, 6) is -0.0538.